The third-order valence-electron chi connectivity index (χ3n) is 4.31. The van der Waals surface area contributed by atoms with Crippen LogP contribution >= 0.6 is 0 Å². The number of hydrogen-bond acceptors (Lipinski definition) is 5. The van der Waals surface area contributed by atoms with Crippen LogP contribution in [0, 0.1) is 0 Å². The molecular formula is C16H27BN2O3. The van der Waals surface area contributed by atoms with E-state index in [4.69, 9.17) is 15.0 Å². The molecule has 1 saturated heterocycles. The van der Waals surface area contributed by atoms with Crippen molar-refractivity contribution in [1.29, 1.82) is 0 Å². The van der Waals surface area contributed by atoms with Gasteiger partial charge in [-0.1, -0.05) is 6.07 Å². The van der Waals surface area contributed by atoms with Gasteiger partial charge in [0.15, 0.2) is 0 Å². The Bertz CT molecular complexity index is 537. The average Bonchev–Trinajstić information content (AvgIpc) is 2.56. The van der Waals surface area contributed by atoms with Crippen molar-refractivity contribution in [3.63, 3.8) is 0 Å². The highest BCUT2D eigenvalue weighted by atomic mass is 16.7. The van der Waals surface area contributed by atoms with Crippen molar-refractivity contribution in [3.05, 3.63) is 18.2 Å². The van der Waals surface area contributed by atoms with E-state index in [1.54, 1.807) is 13.8 Å². The molecule has 1 heterocycles. The molecule has 0 atom stereocenters. The highest BCUT2D eigenvalue weighted by molar-refractivity contribution is 6.62. The monoisotopic (exact) mass is 306 g/mol. The Balaban J connectivity index is 2.14. The number of nitrogens with two attached hydrogens (primary N) is 1. The van der Waals surface area contributed by atoms with E-state index in [1.165, 1.54) is 0 Å². The van der Waals surface area contributed by atoms with Crippen molar-refractivity contribution < 1.29 is 14.4 Å². The quantitative estimate of drug-likeness (QED) is 0.583. The number of anilines is 2. The molecule has 0 spiro atoms. The number of nitrogens with one attached hydrogen (secondary N) is 1. The largest absolute Gasteiger partial charge is 0.494 e. The van der Waals surface area contributed by atoms with Crippen molar-refractivity contribution in [2.24, 2.45) is 0 Å². The van der Waals surface area contributed by atoms with E-state index < -0.39 is 12.7 Å². The summed E-state index contributed by atoms with van der Waals surface area (Å²) in [6.45, 7) is 12.0. The molecule has 1 aliphatic heterocycles. The molecule has 0 unspecified atom stereocenters. The zero-order valence-electron chi connectivity index (χ0n) is 14.4. The molecule has 122 valence electrons. The molecular weight excluding hydrogens is 279 g/mol. The first-order valence-electron chi connectivity index (χ1n) is 7.63. The number of aliphatic hydroxyl groups is 1. The molecule has 1 aromatic carbocycles. The SMILES string of the molecule is CC(C)(O)CNc1ccc(B2OC(C)(C)C(C)(C)O2)cc1N. The van der Waals surface area contributed by atoms with Crippen molar-refractivity contribution in [1.82, 2.24) is 0 Å². The first kappa shape index (κ1) is 17.1. The zero-order valence-corrected chi connectivity index (χ0v) is 14.4. The van der Waals surface area contributed by atoms with E-state index in [2.05, 4.69) is 5.32 Å². The summed E-state index contributed by atoms with van der Waals surface area (Å²) in [5.74, 6) is 0. The fourth-order valence-corrected chi connectivity index (χ4v) is 2.18. The summed E-state index contributed by atoms with van der Waals surface area (Å²) >= 11 is 0. The van der Waals surface area contributed by atoms with Crippen LogP contribution in [0.1, 0.15) is 41.5 Å². The Morgan fingerprint density at radius 1 is 1.18 bits per heavy atom. The average molecular weight is 306 g/mol. The van der Waals surface area contributed by atoms with Gasteiger partial charge in [0, 0.05) is 6.54 Å². The Labute approximate surface area is 133 Å². The number of rotatable bonds is 4. The van der Waals surface area contributed by atoms with Gasteiger partial charge in [-0.3, -0.25) is 0 Å². The van der Waals surface area contributed by atoms with Crippen molar-refractivity contribution in [2.45, 2.75) is 58.3 Å². The molecule has 0 aromatic heterocycles. The minimum absolute atomic E-state index is 0.371. The summed E-state index contributed by atoms with van der Waals surface area (Å²) in [7, 11) is -0.421. The van der Waals surface area contributed by atoms with Gasteiger partial charge in [-0.25, -0.2) is 0 Å². The van der Waals surface area contributed by atoms with Crippen LogP contribution in [0.25, 0.3) is 0 Å². The number of nitrogen functional groups attached to an aromatic ring is 1. The molecule has 6 heteroatoms. The maximum Gasteiger partial charge on any atom is 0.494 e. The van der Waals surface area contributed by atoms with Crippen LogP contribution in [0.5, 0.6) is 0 Å². The maximum atomic E-state index is 9.77. The second kappa shape index (κ2) is 5.44. The second-order valence-electron chi connectivity index (χ2n) is 7.60. The zero-order chi connectivity index (χ0) is 16.8. The highest BCUT2D eigenvalue weighted by Gasteiger charge is 2.51. The molecule has 0 radical (unpaired) electrons. The van der Waals surface area contributed by atoms with Crippen molar-refractivity contribution in [2.75, 3.05) is 17.6 Å². The topological polar surface area (TPSA) is 76.7 Å². The van der Waals surface area contributed by atoms with Crippen LogP contribution in [-0.2, 0) is 9.31 Å². The normalized spacial score (nSPS) is 20.2. The van der Waals surface area contributed by atoms with E-state index in [1.807, 2.05) is 45.9 Å². The Morgan fingerprint density at radius 2 is 1.73 bits per heavy atom. The fraction of sp³-hybridized carbons (Fsp3) is 0.625. The van der Waals surface area contributed by atoms with Gasteiger partial charge in [0.05, 0.1) is 28.2 Å². The van der Waals surface area contributed by atoms with Gasteiger partial charge in [0.25, 0.3) is 0 Å². The molecule has 22 heavy (non-hydrogen) atoms. The summed E-state index contributed by atoms with van der Waals surface area (Å²) in [6.07, 6.45) is 0. The van der Waals surface area contributed by atoms with Gasteiger partial charge in [0.2, 0.25) is 0 Å². The van der Waals surface area contributed by atoms with Gasteiger partial charge >= 0.3 is 7.12 Å². The molecule has 0 amide bonds. The van der Waals surface area contributed by atoms with Gasteiger partial charge in [-0.15, -0.1) is 0 Å². The predicted octanol–water partition coefficient (Wildman–Crippen LogP) is 1.75. The lowest BCUT2D eigenvalue weighted by Crippen LogP contribution is -2.41. The van der Waals surface area contributed by atoms with E-state index in [0.717, 1.165) is 11.2 Å². The first-order valence-corrected chi connectivity index (χ1v) is 7.63. The number of benzene rings is 1. The van der Waals surface area contributed by atoms with Crippen LogP contribution in [0.2, 0.25) is 0 Å². The summed E-state index contributed by atoms with van der Waals surface area (Å²) in [5.41, 5.74) is 6.86. The molecule has 5 nitrogen and oxygen atoms in total. The van der Waals surface area contributed by atoms with Crippen LogP contribution in [-0.4, -0.2) is 35.6 Å². The van der Waals surface area contributed by atoms with Crippen LogP contribution in [0.15, 0.2) is 18.2 Å². The lowest BCUT2D eigenvalue weighted by molar-refractivity contribution is 0.00578. The lowest BCUT2D eigenvalue weighted by Gasteiger charge is -2.32. The minimum Gasteiger partial charge on any atom is -0.399 e. The molecule has 0 saturated carbocycles. The van der Waals surface area contributed by atoms with Crippen LogP contribution in [0.4, 0.5) is 11.4 Å². The smallest absolute Gasteiger partial charge is 0.399 e. The van der Waals surface area contributed by atoms with E-state index in [0.29, 0.717) is 12.2 Å². The lowest BCUT2D eigenvalue weighted by atomic mass is 9.79. The molecule has 1 aliphatic rings. The Kier molecular flexibility index (Phi) is 4.24. The fourth-order valence-electron chi connectivity index (χ4n) is 2.18. The molecule has 1 fully saturated rings. The summed E-state index contributed by atoms with van der Waals surface area (Å²) in [6, 6.07) is 5.68. The van der Waals surface area contributed by atoms with E-state index >= 15 is 0 Å². The molecule has 4 N–H and O–H groups in total. The van der Waals surface area contributed by atoms with E-state index in [9.17, 15) is 5.11 Å². The van der Waals surface area contributed by atoms with Crippen molar-refractivity contribution in [3.8, 4) is 0 Å². The Hall–Kier alpha value is -1.24. The Morgan fingerprint density at radius 3 is 2.18 bits per heavy atom. The summed E-state index contributed by atoms with van der Waals surface area (Å²) in [4.78, 5) is 0. The molecule has 0 bridgehead atoms. The third kappa shape index (κ3) is 3.56. The summed E-state index contributed by atoms with van der Waals surface area (Å²) in [5, 5.41) is 12.9. The first-order chi connectivity index (χ1) is 9.91. The number of hydrogen-bond donors (Lipinski definition) is 3. The van der Waals surface area contributed by atoms with Gasteiger partial charge in [-0.05, 0) is 59.1 Å². The predicted molar refractivity (Wildman–Crippen MR) is 91.4 cm³/mol. The van der Waals surface area contributed by atoms with Gasteiger partial charge < -0.3 is 25.5 Å². The minimum atomic E-state index is -0.795. The second-order valence-corrected chi connectivity index (χ2v) is 7.60. The maximum absolute atomic E-state index is 9.77. The van der Waals surface area contributed by atoms with Crippen LogP contribution < -0.4 is 16.5 Å². The highest BCUT2D eigenvalue weighted by Crippen LogP contribution is 2.36. The van der Waals surface area contributed by atoms with Gasteiger partial charge in [-0.2, -0.15) is 0 Å². The van der Waals surface area contributed by atoms with Crippen LogP contribution in [0.3, 0.4) is 0 Å². The third-order valence-corrected chi connectivity index (χ3v) is 4.31. The van der Waals surface area contributed by atoms with Crippen molar-refractivity contribution >= 4 is 24.0 Å². The molecule has 1 aromatic rings. The van der Waals surface area contributed by atoms with E-state index in [-0.39, 0.29) is 11.2 Å². The van der Waals surface area contributed by atoms with Gasteiger partial charge in [0.1, 0.15) is 0 Å². The summed E-state index contributed by atoms with van der Waals surface area (Å²) < 4.78 is 12.0. The standard InChI is InChI=1S/C16H27BN2O3/c1-14(2,20)10-19-13-8-7-11(9-12(13)18)17-21-15(3,4)16(5,6)22-17/h7-9,19-20H,10,18H2,1-6H3. The molecule has 2 rings (SSSR count). The molecule has 0 aliphatic carbocycles.